The average Bonchev–Trinajstić information content (AvgIpc) is 2.27. The van der Waals surface area contributed by atoms with Crippen molar-refractivity contribution in [2.45, 2.75) is 39.3 Å². The molecule has 0 saturated carbocycles. The van der Waals surface area contributed by atoms with E-state index in [1.54, 1.807) is 7.11 Å². The molecule has 0 aliphatic heterocycles. The predicted octanol–water partition coefficient (Wildman–Crippen LogP) is 3.16. The molecule has 0 saturated heterocycles. The molecular formula is C14H22ClNO2. The maximum Gasteiger partial charge on any atom is 0.141 e. The summed E-state index contributed by atoms with van der Waals surface area (Å²) in [7, 11) is 1.67. The van der Waals surface area contributed by atoms with E-state index in [-0.39, 0.29) is 6.04 Å². The van der Waals surface area contributed by atoms with Gasteiger partial charge in [-0.15, -0.1) is 0 Å². The Balaban J connectivity index is 3.04. The first-order chi connectivity index (χ1) is 8.58. The molecule has 0 fully saturated rings. The van der Waals surface area contributed by atoms with E-state index in [0.717, 1.165) is 29.7 Å². The first-order valence-corrected chi connectivity index (χ1v) is 6.64. The topological polar surface area (TPSA) is 44.5 Å². The van der Waals surface area contributed by atoms with E-state index in [1.165, 1.54) is 0 Å². The highest BCUT2D eigenvalue weighted by atomic mass is 35.5. The number of rotatable bonds is 7. The third-order valence-corrected chi connectivity index (χ3v) is 2.76. The maximum atomic E-state index is 6.27. The van der Waals surface area contributed by atoms with Crippen molar-refractivity contribution in [3.05, 3.63) is 28.3 Å². The van der Waals surface area contributed by atoms with Crippen LogP contribution >= 0.6 is 11.6 Å². The Hall–Kier alpha value is -0.770. The van der Waals surface area contributed by atoms with E-state index in [9.17, 15) is 0 Å². The van der Waals surface area contributed by atoms with E-state index >= 15 is 0 Å². The minimum Gasteiger partial charge on any atom is -0.492 e. The van der Waals surface area contributed by atoms with Crippen LogP contribution in [0.25, 0.3) is 0 Å². The normalized spacial score (nSPS) is 12.5. The van der Waals surface area contributed by atoms with E-state index in [2.05, 4.69) is 13.0 Å². The number of ether oxygens (including phenoxy) is 2. The molecule has 3 nitrogen and oxygen atoms in total. The van der Waals surface area contributed by atoms with Crippen molar-refractivity contribution in [2.24, 2.45) is 5.73 Å². The molecule has 0 aliphatic carbocycles. The highest BCUT2D eigenvalue weighted by Crippen LogP contribution is 2.31. The molecule has 1 aromatic carbocycles. The summed E-state index contributed by atoms with van der Waals surface area (Å²) < 4.78 is 10.9. The van der Waals surface area contributed by atoms with Crippen molar-refractivity contribution in [1.29, 1.82) is 0 Å². The molecule has 0 aromatic heterocycles. The van der Waals surface area contributed by atoms with Crippen molar-refractivity contribution in [2.75, 3.05) is 13.7 Å². The summed E-state index contributed by atoms with van der Waals surface area (Å²) in [5, 5.41) is 0.633. The third kappa shape index (κ3) is 4.48. The zero-order valence-corrected chi connectivity index (χ0v) is 12.1. The average molecular weight is 272 g/mol. The van der Waals surface area contributed by atoms with Crippen LogP contribution in [0.3, 0.4) is 0 Å². The highest BCUT2D eigenvalue weighted by Gasteiger charge is 2.12. The SMILES string of the molecule is CCCOc1c(Cl)cc(COC)cc1CC(C)N. The van der Waals surface area contributed by atoms with Gasteiger partial charge in [-0.3, -0.25) is 0 Å². The summed E-state index contributed by atoms with van der Waals surface area (Å²) in [6, 6.07) is 4.02. The fourth-order valence-electron chi connectivity index (χ4n) is 1.83. The summed E-state index contributed by atoms with van der Waals surface area (Å²) in [5.74, 6) is 0.760. The van der Waals surface area contributed by atoms with Gasteiger partial charge in [-0.25, -0.2) is 0 Å². The molecule has 1 unspecified atom stereocenters. The van der Waals surface area contributed by atoms with Gasteiger partial charge in [0.1, 0.15) is 5.75 Å². The fourth-order valence-corrected chi connectivity index (χ4v) is 2.14. The van der Waals surface area contributed by atoms with Gasteiger partial charge in [0, 0.05) is 13.2 Å². The molecule has 1 rings (SSSR count). The van der Waals surface area contributed by atoms with Gasteiger partial charge in [0.2, 0.25) is 0 Å². The van der Waals surface area contributed by atoms with Gasteiger partial charge >= 0.3 is 0 Å². The van der Waals surface area contributed by atoms with Crippen LogP contribution in [0, 0.1) is 0 Å². The maximum absolute atomic E-state index is 6.27. The molecule has 0 aliphatic rings. The predicted molar refractivity (Wildman–Crippen MR) is 75.3 cm³/mol. The lowest BCUT2D eigenvalue weighted by atomic mass is 10.0. The van der Waals surface area contributed by atoms with Crippen molar-refractivity contribution in [1.82, 2.24) is 0 Å². The number of hydrogen-bond donors (Lipinski definition) is 1. The Morgan fingerprint density at radius 3 is 2.67 bits per heavy atom. The second kappa shape index (κ2) is 7.62. The van der Waals surface area contributed by atoms with E-state index in [0.29, 0.717) is 18.2 Å². The first-order valence-electron chi connectivity index (χ1n) is 6.27. The summed E-state index contributed by atoms with van der Waals surface area (Å²) in [4.78, 5) is 0. The quantitative estimate of drug-likeness (QED) is 0.828. The lowest BCUT2D eigenvalue weighted by Gasteiger charge is -2.16. The van der Waals surface area contributed by atoms with Gasteiger partial charge in [-0.2, -0.15) is 0 Å². The fraction of sp³-hybridized carbons (Fsp3) is 0.571. The molecule has 4 heteroatoms. The molecule has 0 bridgehead atoms. The van der Waals surface area contributed by atoms with Gasteiger partial charge in [-0.05, 0) is 43.0 Å². The molecule has 0 spiro atoms. The van der Waals surface area contributed by atoms with Gasteiger partial charge in [0.25, 0.3) is 0 Å². The Kier molecular flexibility index (Phi) is 6.47. The molecule has 0 radical (unpaired) electrons. The highest BCUT2D eigenvalue weighted by molar-refractivity contribution is 6.32. The van der Waals surface area contributed by atoms with Crippen LogP contribution in [0.1, 0.15) is 31.4 Å². The first kappa shape index (κ1) is 15.3. The lowest BCUT2D eigenvalue weighted by Crippen LogP contribution is -2.18. The van der Waals surface area contributed by atoms with Crippen LogP contribution in [0.15, 0.2) is 12.1 Å². The zero-order valence-electron chi connectivity index (χ0n) is 11.3. The Labute approximate surface area is 114 Å². The van der Waals surface area contributed by atoms with E-state index < -0.39 is 0 Å². The number of hydrogen-bond acceptors (Lipinski definition) is 3. The molecule has 0 heterocycles. The van der Waals surface area contributed by atoms with Crippen LogP contribution < -0.4 is 10.5 Å². The Bertz CT molecular complexity index is 380. The van der Waals surface area contributed by atoms with Gasteiger partial charge < -0.3 is 15.2 Å². The number of methoxy groups -OCH3 is 1. The zero-order chi connectivity index (χ0) is 13.5. The number of halogens is 1. The van der Waals surface area contributed by atoms with Crippen LogP contribution in [0.5, 0.6) is 5.75 Å². The van der Waals surface area contributed by atoms with E-state index in [4.69, 9.17) is 26.8 Å². The number of nitrogens with two attached hydrogens (primary N) is 1. The summed E-state index contributed by atoms with van der Waals surface area (Å²) in [6.45, 7) is 5.24. The van der Waals surface area contributed by atoms with E-state index in [1.807, 2.05) is 13.0 Å². The molecule has 18 heavy (non-hydrogen) atoms. The molecule has 0 amide bonds. The summed E-state index contributed by atoms with van der Waals surface area (Å²) >= 11 is 6.27. The molecule has 1 atom stereocenters. The molecule has 102 valence electrons. The summed E-state index contributed by atoms with van der Waals surface area (Å²) in [5.41, 5.74) is 7.96. The van der Waals surface area contributed by atoms with Crippen LogP contribution in [-0.2, 0) is 17.8 Å². The smallest absolute Gasteiger partial charge is 0.141 e. The van der Waals surface area contributed by atoms with Gasteiger partial charge in [0.15, 0.2) is 0 Å². The van der Waals surface area contributed by atoms with Crippen molar-refractivity contribution >= 4 is 11.6 Å². The second-order valence-electron chi connectivity index (χ2n) is 4.53. The van der Waals surface area contributed by atoms with Gasteiger partial charge in [-0.1, -0.05) is 18.5 Å². The molecule has 2 N–H and O–H groups in total. The van der Waals surface area contributed by atoms with Crippen LogP contribution in [0.2, 0.25) is 5.02 Å². The third-order valence-electron chi connectivity index (χ3n) is 2.48. The molecular weight excluding hydrogens is 250 g/mol. The standard InChI is InChI=1S/C14H22ClNO2/c1-4-5-18-14-12(6-10(2)16)7-11(9-17-3)8-13(14)15/h7-8,10H,4-6,9,16H2,1-3H3. The number of benzene rings is 1. The van der Waals surface area contributed by atoms with Crippen LogP contribution in [-0.4, -0.2) is 19.8 Å². The van der Waals surface area contributed by atoms with Gasteiger partial charge in [0.05, 0.1) is 18.2 Å². The monoisotopic (exact) mass is 271 g/mol. The van der Waals surface area contributed by atoms with Crippen molar-refractivity contribution in [3.8, 4) is 5.75 Å². The minimum absolute atomic E-state index is 0.0721. The Morgan fingerprint density at radius 1 is 1.39 bits per heavy atom. The van der Waals surface area contributed by atoms with Crippen molar-refractivity contribution < 1.29 is 9.47 Å². The summed E-state index contributed by atoms with van der Waals surface area (Å²) in [6.07, 6.45) is 1.70. The van der Waals surface area contributed by atoms with Crippen LogP contribution in [0.4, 0.5) is 0 Å². The molecule has 1 aromatic rings. The second-order valence-corrected chi connectivity index (χ2v) is 4.94. The van der Waals surface area contributed by atoms with Crippen molar-refractivity contribution in [3.63, 3.8) is 0 Å². The lowest BCUT2D eigenvalue weighted by molar-refractivity contribution is 0.184. The largest absolute Gasteiger partial charge is 0.492 e. The Morgan fingerprint density at radius 2 is 2.11 bits per heavy atom. The minimum atomic E-state index is 0.0721.